The zero-order chi connectivity index (χ0) is 13.4. The minimum Gasteiger partial charge on any atom is -0.343 e. The largest absolute Gasteiger partial charge is 0.343 e. The lowest BCUT2D eigenvalue weighted by Crippen LogP contribution is -2.31. The van der Waals surface area contributed by atoms with E-state index in [4.69, 9.17) is 5.26 Å². The second-order valence-corrected chi connectivity index (χ2v) is 4.81. The Kier molecular flexibility index (Phi) is 6.31. The van der Waals surface area contributed by atoms with Crippen molar-refractivity contribution in [1.29, 1.82) is 5.26 Å². The second kappa shape index (κ2) is 7.78. The molecule has 1 amide bonds. The first-order valence-corrected chi connectivity index (χ1v) is 7.21. The predicted molar refractivity (Wildman–Crippen MR) is 75.2 cm³/mol. The summed E-state index contributed by atoms with van der Waals surface area (Å²) in [7, 11) is 0. The third-order valence-electron chi connectivity index (χ3n) is 2.74. The molecule has 0 atom stereocenters. The molecule has 0 aliphatic heterocycles. The fraction of sp³-hybridized carbons (Fsp3) is 0.429. The lowest BCUT2D eigenvalue weighted by Gasteiger charge is -2.18. The minimum atomic E-state index is 0.166. The van der Waals surface area contributed by atoms with Crippen LogP contribution in [0, 0.1) is 11.3 Å². The van der Waals surface area contributed by atoms with Crippen molar-refractivity contribution in [3.63, 3.8) is 0 Å². The number of benzene rings is 1. The van der Waals surface area contributed by atoms with Gasteiger partial charge in [-0.05, 0) is 25.5 Å². The zero-order valence-electron chi connectivity index (χ0n) is 10.8. The van der Waals surface area contributed by atoms with Crippen molar-refractivity contribution in [3.8, 4) is 6.07 Å². The van der Waals surface area contributed by atoms with Gasteiger partial charge in [-0.2, -0.15) is 5.26 Å². The van der Waals surface area contributed by atoms with Gasteiger partial charge in [0, 0.05) is 18.8 Å². The van der Waals surface area contributed by atoms with E-state index in [2.05, 4.69) is 6.07 Å². The van der Waals surface area contributed by atoms with Crippen molar-refractivity contribution in [1.82, 2.24) is 4.90 Å². The Bertz CT molecular complexity index is 436. The number of amides is 1. The number of hydrogen-bond acceptors (Lipinski definition) is 3. The van der Waals surface area contributed by atoms with Crippen LogP contribution >= 0.6 is 11.8 Å². The maximum atomic E-state index is 11.8. The average Bonchev–Trinajstić information content (AvgIpc) is 2.40. The van der Waals surface area contributed by atoms with Crippen LogP contribution in [0.5, 0.6) is 0 Å². The molecule has 1 aromatic rings. The summed E-state index contributed by atoms with van der Waals surface area (Å²) in [4.78, 5) is 13.6. The highest BCUT2D eigenvalue weighted by Gasteiger charge is 2.09. The van der Waals surface area contributed by atoms with Gasteiger partial charge in [0.2, 0.25) is 5.91 Å². The molecule has 3 nitrogen and oxygen atoms in total. The summed E-state index contributed by atoms with van der Waals surface area (Å²) in [6.45, 7) is 5.48. The molecule has 1 rings (SSSR count). The van der Waals surface area contributed by atoms with Crippen molar-refractivity contribution in [2.75, 3.05) is 18.8 Å². The van der Waals surface area contributed by atoms with Crippen molar-refractivity contribution < 1.29 is 4.79 Å². The summed E-state index contributed by atoms with van der Waals surface area (Å²) >= 11 is 1.56. The van der Waals surface area contributed by atoms with Gasteiger partial charge in [-0.15, -0.1) is 11.8 Å². The molecule has 0 heterocycles. The van der Waals surface area contributed by atoms with E-state index >= 15 is 0 Å². The van der Waals surface area contributed by atoms with E-state index in [9.17, 15) is 4.79 Å². The van der Waals surface area contributed by atoms with Crippen LogP contribution in [0.3, 0.4) is 0 Å². The van der Waals surface area contributed by atoms with Gasteiger partial charge in [0.15, 0.2) is 0 Å². The van der Waals surface area contributed by atoms with E-state index in [1.165, 1.54) is 0 Å². The molecule has 0 saturated heterocycles. The Labute approximate surface area is 113 Å². The Hall–Kier alpha value is -1.47. The van der Waals surface area contributed by atoms with Gasteiger partial charge in [0.05, 0.1) is 17.4 Å². The van der Waals surface area contributed by atoms with E-state index < -0.39 is 0 Å². The van der Waals surface area contributed by atoms with Gasteiger partial charge in [-0.25, -0.2) is 0 Å². The van der Waals surface area contributed by atoms with E-state index in [0.29, 0.717) is 17.1 Å². The molecule has 0 radical (unpaired) electrons. The lowest BCUT2D eigenvalue weighted by molar-refractivity contribution is -0.127. The molecule has 0 aliphatic rings. The van der Waals surface area contributed by atoms with E-state index in [-0.39, 0.29) is 5.91 Å². The fourth-order valence-electron chi connectivity index (χ4n) is 1.67. The lowest BCUT2D eigenvalue weighted by atomic mass is 10.1. The Morgan fingerprint density at radius 2 is 2.00 bits per heavy atom. The molecule has 1 aromatic carbocycles. The maximum absolute atomic E-state index is 11.8. The summed E-state index contributed by atoms with van der Waals surface area (Å²) in [5.41, 5.74) is 1.69. The maximum Gasteiger partial charge on any atom is 0.232 e. The van der Waals surface area contributed by atoms with Crippen molar-refractivity contribution in [2.45, 2.75) is 19.6 Å². The number of hydrogen-bond donors (Lipinski definition) is 0. The summed E-state index contributed by atoms with van der Waals surface area (Å²) < 4.78 is 0. The molecule has 0 saturated carbocycles. The number of rotatable bonds is 6. The van der Waals surface area contributed by atoms with Gasteiger partial charge in [-0.3, -0.25) is 4.79 Å². The molecule has 96 valence electrons. The molecule has 0 aliphatic carbocycles. The van der Waals surface area contributed by atoms with Crippen molar-refractivity contribution in [2.24, 2.45) is 0 Å². The van der Waals surface area contributed by atoms with Crippen LogP contribution in [-0.4, -0.2) is 29.6 Å². The molecule has 0 aromatic heterocycles. The summed E-state index contributed by atoms with van der Waals surface area (Å²) in [6.07, 6.45) is 0. The second-order valence-electron chi connectivity index (χ2n) is 3.83. The molecule has 0 spiro atoms. The number of carbonyl (C=O) groups excluding carboxylic acids is 1. The molecule has 0 unspecified atom stereocenters. The van der Waals surface area contributed by atoms with Crippen LogP contribution in [0.25, 0.3) is 0 Å². The van der Waals surface area contributed by atoms with Crippen molar-refractivity contribution in [3.05, 3.63) is 35.4 Å². The molecule has 0 N–H and O–H groups in total. The van der Waals surface area contributed by atoms with Crippen LogP contribution < -0.4 is 0 Å². The third-order valence-corrected chi connectivity index (χ3v) is 3.70. The first-order chi connectivity index (χ1) is 8.72. The summed E-state index contributed by atoms with van der Waals surface area (Å²) in [5, 5.41) is 8.96. The Balaban J connectivity index is 2.47. The third kappa shape index (κ3) is 4.08. The van der Waals surface area contributed by atoms with Crippen LogP contribution in [0.2, 0.25) is 0 Å². The molecule has 18 heavy (non-hydrogen) atoms. The minimum absolute atomic E-state index is 0.166. The average molecular weight is 262 g/mol. The normalized spacial score (nSPS) is 9.83. The Morgan fingerprint density at radius 1 is 1.33 bits per heavy atom. The molecular formula is C14H18N2OS. The van der Waals surface area contributed by atoms with E-state index in [0.717, 1.165) is 18.7 Å². The highest BCUT2D eigenvalue weighted by molar-refractivity contribution is 7.99. The monoisotopic (exact) mass is 262 g/mol. The number of nitriles is 1. The Morgan fingerprint density at radius 3 is 2.61 bits per heavy atom. The fourth-order valence-corrected chi connectivity index (χ4v) is 2.60. The van der Waals surface area contributed by atoms with Crippen LogP contribution in [0.15, 0.2) is 24.3 Å². The molecular weight excluding hydrogens is 244 g/mol. The molecule has 0 fully saturated rings. The molecule has 0 bridgehead atoms. The number of carbonyl (C=O) groups is 1. The number of nitrogens with zero attached hydrogens (tertiary/aromatic N) is 2. The van der Waals surface area contributed by atoms with E-state index in [1.807, 2.05) is 43.0 Å². The van der Waals surface area contributed by atoms with Gasteiger partial charge >= 0.3 is 0 Å². The van der Waals surface area contributed by atoms with Gasteiger partial charge < -0.3 is 4.90 Å². The van der Waals surface area contributed by atoms with Gasteiger partial charge in [-0.1, -0.05) is 18.2 Å². The topological polar surface area (TPSA) is 44.1 Å². The highest BCUT2D eigenvalue weighted by atomic mass is 32.2. The van der Waals surface area contributed by atoms with Crippen LogP contribution in [0.4, 0.5) is 0 Å². The van der Waals surface area contributed by atoms with Gasteiger partial charge in [0.25, 0.3) is 0 Å². The molecule has 4 heteroatoms. The number of thioether (sulfide) groups is 1. The summed E-state index contributed by atoms with van der Waals surface area (Å²) in [5.74, 6) is 1.34. The standard InChI is InChI=1S/C14H18N2OS/c1-3-16(4-2)14(17)11-18-10-13-8-6-5-7-12(13)9-15/h5-8H,3-4,10-11H2,1-2H3. The van der Waals surface area contributed by atoms with Gasteiger partial charge in [0.1, 0.15) is 0 Å². The van der Waals surface area contributed by atoms with Crippen LogP contribution in [0.1, 0.15) is 25.0 Å². The first kappa shape index (κ1) is 14.6. The SMILES string of the molecule is CCN(CC)C(=O)CSCc1ccccc1C#N. The first-order valence-electron chi connectivity index (χ1n) is 6.06. The van der Waals surface area contributed by atoms with E-state index in [1.54, 1.807) is 11.8 Å². The predicted octanol–water partition coefficient (Wildman–Crippen LogP) is 2.66. The van der Waals surface area contributed by atoms with Crippen molar-refractivity contribution >= 4 is 17.7 Å². The quantitative estimate of drug-likeness (QED) is 0.791. The smallest absolute Gasteiger partial charge is 0.232 e. The highest BCUT2D eigenvalue weighted by Crippen LogP contribution is 2.16. The van der Waals surface area contributed by atoms with Crippen LogP contribution in [-0.2, 0) is 10.5 Å². The zero-order valence-corrected chi connectivity index (χ0v) is 11.7. The summed E-state index contributed by atoms with van der Waals surface area (Å²) in [6, 6.07) is 9.69.